The Balaban J connectivity index is 1.98. The van der Waals surface area contributed by atoms with E-state index in [1.54, 1.807) is 18.9 Å². The van der Waals surface area contributed by atoms with E-state index in [-0.39, 0.29) is 5.91 Å². The van der Waals surface area contributed by atoms with E-state index in [1.165, 1.54) is 0 Å². The lowest BCUT2D eigenvalue weighted by atomic mass is 9.89. The van der Waals surface area contributed by atoms with Crippen LogP contribution in [0.2, 0.25) is 0 Å². The number of rotatable bonds is 5. The summed E-state index contributed by atoms with van der Waals surface area (Å²) in [6.07, 6.45) is 2.49. The average Bonchev–Trinajstić information content (AvgIpc) is 2.34. The van der Waals surface area contributed by atoms with Gasteiger partial charge in [-0.1, -0.05) is 18.2 Å². The number of methoxy groups -OCH3 is 1. The Morgan fingerprint density at radius 2 is 2.11 bits per heavy atom. The van der Waals surface area contributed by atoms with Crippen molar-refractivity contribution in [2.24, 2.45) is 0 Å². The summed E-state index contributed by atoms with van der Waals surface area (Å²) in [5.74, 6) is 0.0814. The predicted molar refractivity (Wildman–Crippen MR) is 76.0 cm³/mol. The van der Waals surface area contributed by atoms with Gasteiger partial charge in [-0.2, -0.15) is 0 Å². The Morgan fingerprint density at radius 1 is 1.42 bits per heavy atom. The van der Waals surface area contributed by atoms with Gasteiger partial charge in [-0.3, -0.25) is 4.79 Å². The zero-order valence-electron chi connectivity index (χ0n) is 11.8. The second-order valence-corrected chi connectivity index (χ2v) is 5.20. The highest BCUT2D eigenvalue weighted by Gasteiger charge is 2.29. The van der Waals surface area contributed by atoms with Crippen molar-refractivity contribution in [3.63, 3.8) is 0 Å². The molecule has 2 rings (SSSR count). The molecule has 0 aromatic heterocycles. The molecule has 4 nitrogen and oxygen atoms in total. The molecule has 0 unspecified atom stereocenters. The Kier molecular flexibility index (Phi) is 4.43. The maximum absolute atomic E-state index is 11.3. The minimum absolute atomic E-state index is 0.0814. The molecule has 1 aromatic carbocycles. The van der Waals surface area contributed by atoms with Crippen molar-refractivity contribution >= 4 is 11.6 Å². The monoisotopic (exact) mass is 262 g/mol. The summed E-state index contributed by atoms with van der Waals surface area (Å²) < 4.78 is 5.29. The average molecular weight is 262 g/mol. The summed E-state index contributed by atoms with van der Waals surface area (Å²) in [6.45, 7) is 2.23. The number of benzene rings is 1. The zero-order chi connectivity index (χ0) is 13.8. The fraction of sp³-hybridized carbons (Fsp3) is 0.533. The third-order valence-corrected chi connectivity index (χ3v) is 3.75. The number of nitrogens with one attached hydrogen (secondary N) is 1. The molecule has 104 valence electrons. The first-order valence-corrected chi connectivity index (χ1v) is 6.69. The predicted octanol–water partition coefficient (Wildman–Crippen LogP) is 2.25. The summed E-state index contributed by atoms with van der Waals surface area (Å²) in [5, 5.41) is 3.54. The van der Waals surface area contributed by atoms with Crippen LogP contribution in [0.1, 0.15) is 25.3 Å². The van der Waals surface area contributed by atoms with E-state index in [2.05, 4.69) is 17.4 Å². The van der Waals surface area contributed by atoms with E-state index < -0.39 is 0 Å². The number of nitrogens with zero attached hydrogens (tertiary/aromatic N) is 1. The molecule has 1 saturated carbocycles. The molecule has 0 aliphatic heterocycles. The van der Waals surface area contributed by atoms with Crippen molar-refractivity contribution in [1.29, 1.82) is 0 Å². The van der Waals surface area contributed by atoms with Gasteiger partial charge in [0.2, 0.25) is 5.91 Å². The van der Waals surface area contributed by atoms with Gasteiger partial charge in [0.25, 0.3) is 0 Å². The second kappa shape index (κ2) is 6.06. The van der Waals surface area contributed by atoms with Gasteiger partial charge in [0.05, 0.1) is 6.10 Å². The third-order valence-electron chi connectivity index (χ3n) is 3.75. The molecule has 0 spiro atoms. The molecule has 4 heteroatoms. The van der Waals surface area contributed by atoms with E-state index in [1.807, 2.05) is 19.2 Å². The highest BCUT2D eigenvalue weighted by molar-refractivity contribution is 5.73. The fourth-order valence-electron chi connectivity index (χ4n) is 2.26. The molecule has 1 aliphatic rings. The van der Waals surface area contributed by atoms with Crippen LogP contribution >= 0.6 is 0 Å². The Bertz CT molecular complexity index is 442. The van der Waals surface area contributed by atoms with E-state index in [0.29, 0.717) is 18.7 Å². The van der Waals surface area contributed by atoms with Crippen LogP contribution in [0.15, 0.2) is 24.3 Å². The van der Waals surface area contributed by atoms with Gasteiger partial charge in [0.15, 0.2) is 0 Å². The van der Waals surface area contributed by atoms with Crippen molar-refractivity contribution in [2.45, 2.75) is 38.5 Å². The Hall–Kier alpha value is -1.55. The molecule has 19 heavy (non-hydrogen) atoms. The van der Waals surface area contributed by atoms with Crippen LogP contribution in [-0.4, -0.2) is 37.1 Å². The minimum atomic E-state index is 0.0814. The van der Waals surface area contributed by atoms with Crippen LogP contribution in [0.3, 0.4) is 0 Å². The van der Waals surface area contributed by atoms with Gasteiger partial charge in [0, 0.05) is 39.4 Å². The number of hydrogen-bond donors (Lipinski definition) is 1. The fourth-order valence-corrected chi connectivity index (χ4v) is 2.26. The van der Waals surface area contributed by atoms with Gasteiger partial charge >= 0.3 is 0 Å². The maximum Gasteiger partial charge on any atom is 0.219 e. The van der Waals surface area contributed by atoms with Crippen molar-refractivity contribution in [3.05, 3.63) is 29.8 Å². The highest BCUT2D eigenvalue weighted by Crippen LogP contribution is 2.28. The van der Waals surface area contributed by atoms with Crippen molar-refractivity contribution in [3.8, 4) is 0 Å². The van der Waals surface area contributed by atoms with Gasteiger partial charge in [-0.05, 0) is 24.5 Å². The lowest BCUT2D eigenvalue weighted by molar-refractivity contribution is -0.128. The van der Waals surface area contributed by atoms with E-state index in [9.17, 15) is 4.79 Å². The standard InChI is InChI=1S/C15H22N2O2/c1-11(18)17(2)10-12-6-4-5-7-15(12)16-13-8-14(9-13)19-3/h4-7,13-14,16H,8-10H2,1-3H3. The molecule has 1 aliphatic carbocycles. The lowest BCUT2D eigenvalue weighted by Gasteiger charge is -2.36. The van der Waals surface area contributed by atoms with E-state index in [4.69, 9.17) is 4.74 Å². The molecule has 1 aromatic rings. The topological polar surface area (TPSA) is 41.6 Å². The van der Waals surface area contributed by atoms with Crippen LogP contribution < -0.4 is 5.32 Å². The minimum Gasteiger partial charge on any atom is -0.382 e. The van der Waals surface area contributed by atoms with Gasteiger partial charge in [-0.25, -0.2) is 0 Å². The molecule has 1 fully saturated rings. The summed E-state index contributed by atoms with van der Waals surface area (Å²) in [7, 11) is 3.58. The Labute approximate surface area is 114 Å². The summed E-state index contributed by atoms with van der Waals surface area (Å²) in [5.41, 5.74) is 2.27. The Morgan fingerprint density at radius 3 is 2.74 bits per heavy atom. The SMILES string of the molecule is COC1CC(Nc2ccccc2CN(C)C(C)=O)C1. The molecule has 0 bridgehead atoms. The largest absolute Gasteiger partial charge is 0.382 e. The third kappa shape index (κ3) is 3.47. The maximum atomic E-state index is 11.3. The van der Waals surface area contributed by atoms with E-state index in [0.717, 1.165) is 24.1 Å². The molecular weight excluding hydrogens is 240 g/mol. The smallest absolute Gasteiger partial charge is 0.219 e. The van der Waals surface area contributed by atoms with Gasteiger partial charge in [0.1, 0.15) is 0 Å². The number of carbonyl (C=O) groups excluding carboxylic acids is 1. The molecule has 0 radical (unpaired) electrons. The van der Waals surface area contributed by atoms with Crippen LogP contribution in [-0.2, 0) is 16.1 Å². The van der Waals surface area contributed by atoms with Crippen molar-refractivity contribution in [1.82, 2.24) is 4.90 Å². The van der Waals surface area contributed by atoms with Crippen LogP contribution in [0.5, 0.6) is 0 Å². The number of carbonyl (C=O) groups is 1. The van der Waals surface area contributed by atoms with Crippen LogP contribution in [0, 0.1) is 0 Å². The lowest BCUT2D eigenvalue weighted by Crippen LogP contribution is -2.40. The molecular formula is C15H22N2O2. The summed E-state index contributed by atoms with van der Waals surface area (Å²) in [6, 6.07) is 8.64. The zero-order valence-corrected chi connectivity index (χ0v) is 11.8. The van der Waals surface area contributed by atoms with Gasteiger partial charge < -0.3 is 15.0 Å². The second-order valence-electron chi connectivity index (χ2n) is 5.20. The molecule has 0 saturated heterocycles. The first-order valence-electron chi connectivity index (χ1n) is 6.69. The number of ether oxygens (including phenoxy) is 1. The van der Waals surface area contributed by atoms with Crippen LogP contribution in [0.4, 0.5) is 5.69 Å². The van der Waals surface area contributed by atoms with Crippen molar-refractivity contribution in [2.75, 3.05) is 19.5 Å². The summed E-state index contributed by atoms with van der Waals surface area (Å²) >= 11 is 0. The number of amides is 1. The van der Waals surface area contributed by atoms with Crippen molar-refractivity contribution < 1.29 is 9.53 Å². The van der Waals surface area contributed by atoms with E-state index >= 15 is 0 Å². The van der Waals surface area contributed by atoms with Gasteiger partial charge in [-0.15, -0.1) is 0 Å². The van der Waals surface area contributed by atoms with Crippen LogP contribution in [0.25, 0.3) is 0 Å². The molecule has 0 heterocycles. The number of para-hydroxylation sites is 1. The summed E-state index contributed by atoms with van der Waals surface area (Å²) in [4.78, 5) is 13.0. The first kappa shape index (κ1) is 13.9. The quantitative estimate of drug-likeness (QED) is 0.885. The molecule has 0 atom stereocenters. The molecule has 1 N–H and O–H groups in total. The number of anilines is 1. The first-order chi connectivity index (χ1) is 9.10. The molecule has 1 amide bonds. The normalized spacial score (nSPS) is 21.6. The number of hydrogen-bond acceptors (Lipinski definition) is 3. The highest BCUT2D eigenvalue weighted by atomic mass is 16.5.